The van der Waals surface area contributed by atoms with Gasteiger partial charge < -0.3 is 14.4 Å². The molecule has 0 radical (unpaired) electrons. The number of sulfone groups is 1. The Kier molecular flexibility index (Phi) is 4.38. The van der Waals surface area contributed by atoms with Crippen LogP contribution in [-0.4, -0.2) is 49.1 Å². The number of nitrogens with zero attached hydrogens (tertiary/aromatic N) is 2. The van der Waals surface area contributed by atoms with Crippen molar-refractivity contribution in [3.63, 3.8) is 0 Å². The second-order valence-corrected chi connectivity index (χ2v) is 10.5. The standard InChI is InChI=1S/C17H20N2O5S2/c1-10(2)5-16(20)18-17-19(12-7-26(21,22)8-15(12)25-17)11-3-4-13-14(6-11)24-9-23-13/h3-4,6,10,12,15H,5,7-9H2,1-2H3/t12-,15+/m0/s1. The van der Waals surface area contributed by atoms with Gasteiger partial charge in [0.2, 0.25) is 12.7 Å². The van der Waals surface area contributed by atoms with Crippen molar-refractivity contribution in [1.82, 2.24) is 0 Å². The molecule has 0 aromatic heterocycles. The summed E-state index contributed by atoms with van der Waals surface area (Å²) in [6, 6.07) is 5.24. The highest BCUT2D eigenvalue weighted by Crippen LogP contribution is 2.43. The van der Waals surface area contributed by atoms with Crippen LogP contribution in [0, 0.1) is 5.92 Å². The Labute approximate surface area is 156 Å². The number of anilines is 1. The van der Waals surface area contributed by atoms with Crippen LogP contribution in [0.15, 0.2) is 23.2 Å². The van der Waals surface area contributed by atoms with Crippen LogP contribution < -0.4 is 14.4 Å². The molecule has 0 saturated carbocycles. The van der Waals surface area contributed by atoms with Gasteiger partial charge in [-0.15, -0.1) is 0 Å². The van der Waals surface area contributed by atoms with E-state index in [-0.39, 0.29) is 41.4 Å². The van der Waals surface area contributed by atoms with Gasteiger partial charge in [-0.25, -0.2) is 8.42 Å². The van der Waals surface area contributed by atoms with Gasteiger partial charge in [0.1, 0.15) is 0 Å². The third kappa shape index (κ3) is 3.29. The third-order valence-electron chi connectivity index (χ3n) is 4.50. The molecule has 9 heteroatoms. The van der Waals surface area contributed by atoms with Crippen LogP contribution in [0.5, 0.6) is 11.5 Å². The summed E-state index contributed by atoms with van der Waals surface area (Å²) in [7, 11) is -3.09. The number of carbonyl (C=O) groups is 1. The Morgan fingerprint density at radius 1 is 1.31 bits per heavy atom. The molecule has 7 nitrogen and oxygen atoms in total. The summed E-state index contributed by atoms with van der Waals surface area (Å²) in [5.41, 5.74) is 0.766. The molecule has 1 aromatic carbocycles. The molecular weight excluding hydrogens is 376 g/mol. The number of thioether (sulfide) groups is 1. The Morgan fingerprint density at radius 2 is 2.08 bits per heavy atom. The van der Waals surface area contributed by atoms with E-state index >= 15 is 0 Å². The topological polar surface area (TPSA) is 85.3 Å². The summed E-state index contributed by atoms with van der Waals surface area (Å²) in [5.74, 6) is 1.49. The minimum atomic E-state index is -3.09. The second kappa shape index (κ2) is 6.45. The van der Waals surface area contributed by atoms with E-state index in [1.54, 1.807) is 6.07 Å². The number of ether oxygens (including phenoxy) is 2. The van der Waals surface area contributed by atoms with E-state index in [9.17, 15) is 13.2 Å². The molecule has 2 atom stereocenters. The molecule has 1 aromatic rings. The first-order chi connectivity index (χ1) is 12.3. The minimum Gasteiger partial charge on any atom is -0.454 e. The average Bonchev–Trinajstić information content (AvgIpc) is 3.17. The summed E-state index contributed by atoms with van der Waals surface area (Å²) in [5, 5.41) is 0.454. The summed E-state index contributed by atoms with van der Waals surface area (Å²) in [6.07, 6.45) is 0.368. The maximum Gasteiger partial charge on any atom is 0.248 e. The SMILES string of the molecule is CC(C)CC(=O)N=C1S[C@@H]2CS(=O)(=O)C[C@@H]2N1c1ccc2c(c1)OCO2. The highest BCUT2D eigenvalue weighted by Gasteiger charge is 2.49. The zero-order valence-electron chi connectivity index (χ0n) is 14.5. The van der Waals surface area contributed by atoms with Gasteiger partial charge in [0.05, 0.1) is 17.5 Å². The number of hydrogen-bond donors (Lipinski definition) is 0. The predicted octanol–water partition coefficient (Wildman–Crippen LogP) is 2.06. The molecule has 4 rings (SSSR count). The third-order valence-corrected chi connectivity index (χ3v) is 7.71. The van der Waals surface area contributed by atoms with Crippen LogP contribution in [0.4, 0.5) is 5.69 Å². The van der Waals surface area contributed by atoms with Crippen molar-refractivity contribution in [3.8, 4) is 11.5 Å². The van der Waals surface area contributed by atoms with Crippen LogP contribution in [0.2, 0.25) is 0 Å². The maximum atomic E-state index is 12.2. The van der Waals surface area contributed by atoms with Gasteiger partial charge in [0.25, 0.3) is 0 Å². The van der Waals surface area contributed by atoms with Crippen molar-refractivity contribution in [1.29, 1.82) is 0 Å². The average molecular weight is 396 g/mol. The molecule has 0 spiro atoms. The first-order valence-corrected chi connectivity index (χ1v) is 11.2. The van der Waals surface area contributed by atoms with Gasteiger partial charge in [0.15, 0.2) is 26.5 Å². The van der Waals surface area contributed by atoms with Crippen LogP contribution in [0.1, 0.15) is 20.3 Å². The molecule has 0 N–H and O–H groups in total. The minimum absolute atomic E-state index is 0.0660. The van der Waals surface area contributed by atoms with Crippen LogP contribution in [-0.2, 0) is 14.6 Å². The quantitative estimate of drug-likeness (QED) is 0.773. The first kappa shape index (κ1) is 17.7. The van der Waals surface area contributed by atoms with Crippen LogP contribution >= 0.6 is 11.8 Å². The molecule has 0 unspecified atom stereocenters. The zero-order valence-corrected chi connectivity index (χ0v) is 16.2. The molecule has 3 heterocycles. The van der Waals surface area contributed by atoms with E-state index in [1.807, 2.05) is 30.9 Å². The highest BCUT2D eigenvalue weighted by atomic mass is 32.2. The van der Waals surface area contributed by atoms with Gasteiger partial charge in [-0.3, -0.25) is 4.79 Å². The number of aliphatic imine (C=N–C) groups is 1. The van der Waals surface area contributed by atoms with Crippen molar-refractivity contribution in [3.05, 3.63) is 18.2 Å². The van der Waals surface area contributed by atoms with Gasteiger partial charge in [-0.2, -0.15) is 4.99 Å². The van der Waals surface area contributed by atoms with E-state index < -0.39 is 9.84 Å². The van der Waals surface area contributed by atoms with Gasteiger partial charge in [-0.1, -0.05) is 25.6 Å². The Balaban J connectivity index is 1.70. The van der Waals surface area contributed by atoms with Crippen molar-refractivity contribution >= 4 is 38.4 Å². The second-order valence-electron chi connectivity index (χ2n) is 7.09. The number of amides is 1. The number of benzene rings is 1. The smallest absolute Gasteiger partial charge is 0.248 e. The van der Waals surface area contributed by atoms with E-state index in [0.29, 0.717) is 23.1 Å². The van der Waals surface area contributed by atoms with Crippen molar-refractivity contribution in [2.75, 3.05) is 23.2 Å². The predicted molar refractivity (Wildman–Crippen MR) is 101 cm³/mol. The fourth-order valence-electron chi connectivity index (χ4n) is 3.40. The lowest BCUT2D eigenvalue weighted by atomic mass is 10.1. The summed E-state index contributed by atoms with van der Waals surface area (Å²) < 4.78 is 35.0. The van der Waals surface area contributed by atoms with Crippen LogP contribution in [0.25, 0.3) is 0 Å². The lowest BCUT2D eigenvalue weighted by Gasteiger charge is -2.24. The van der Waals surface area contributed by atoms with Crippen LogP contribution in [0.3, 0.4) is 0 Å². The largest absolute Gasteiger partial charge is 0.454 e. The number of hydrogen-bond acceptors (Lipinski definition) is 6. The Morgan fingerprint density at radius 3 is 2.85 bits per heavy atom. The van der Waals surface area contributed by atoms with E-state index in [4.69, 9.17) is 9.47 Å². The molecular formula is C17H20N2O5S2. The molecule has 2 fully saturated rings. The number of amidine groups is 1. The lowest BCUT2D eigenvalue weighted by Crippen LogP contribution is -2.37. The highest BCUT2D eigenvalue weighted by molar-refractivity contribution is 8.16. The van der Waals surface area contributed by atoms with Gasteiger partial charge in [0, 0.05) is 23.4 Å². The molecule has 0 aliphatic carbocycles. The molecule has 26 heavy (non-hydrogen) atoms. The first-order valence-electron chi connectivity index (χ1n) is 8.50. The van der Waals surface area contributed by atoms with Gasteiger partial charge in [-0.05, 0) is 18.1 Å². The molecule has 1 amide bonds. The van der Waals surface area contributed by atoms with E-state index in [0.717, 1.165) is 5.69 Å². The van der Waals surface area contributed by atoms with E-state index in [2.05, 4.69) is 4.99 Å². The molecule has 3 aliphatic heterocycles. The summed E-state index contributed by atoms with van der Waals surface area (Å²) in [4.78, 5) is 18.4. The molecule has 3 aliphatic rings. The normalized spacial score (nSPS) is 27.3. The molecule has 140 valence electrons. The monoisotopic (exact) mass is 396 g/mol. The van der Waals surface area contributed by atoms with Crippen molar-refractivity contribution < 1.29 is 22.7 Å². The number of rotatable bonds is 3. The lowest BCUT2D eigenvalue weighted by molar-refractivity contribution is -0.118. The number of carbonyl (C=O) groups excluding carboxylic acids is 1. The Bertz CT molecular complexity index is 881. The van der Waals surface area contributed by atoms with Crippen molar-refractivity contribution in [2.45, 2.75) is 31.6 Å². The molecule has 0 bridgehead atoms. The Hall–Kier alpha value is -1.74. The molecule has 2 saturated heterocycles. The zero-order chi connectivity index (χ0) is 18.5. The van der Waals surface area contributed by atoms with Gasteiger partial charge >= 0.3 is 0 Å². The summed E-state index contributed by atoms with van der Waals surface area (Å²) in [6.45, 7) is 4.11. The number of fused-ring (bicyclic) bond motifs is 2. The summed E-state index contributed by atoms with van der Waals surface area (Å²) >= 11 is 1.38. The fourth-order valence-corrected chi connectivity index (χ4v) is 7.33. The fraction of sp³-hybridized carbons (Fsp3) is 0.529. The van der Waals surface area contributed by atoms with Crippen molar-refractivity contribution in [2.24, 2.45) is 10.9 Å². The van der Waals surface area contributed by atoms with E-state index in [1.165, 1.54) is 11.8 Å². The maximum absolute atomic E-state index is 12.2.